The number of hydrogen-bond donors (Lipinski definition) is 0. The quantitative estimate of drug-likeness (QED) is 0.808. The molecule has 1 saturated carbocycles. The van der Waals surface area contributed by atoms with Crippen LogP contribution >= 0.6 is 11.6 Å². The zero-order valence-corrected chi connectivity index (χ0v) is 10.7. The number of aromatic nitrogens is 1. The monoisotopic (exact) mass is 278 g/mol. The fraction of sp³-hybridized carbons (Fsp3) is 0.583. The minimum absolute atomic E-state index is 0.0548. The Morgan fingerprint density at radius 3 is 2.44 bits per heavy atom. The molecule has 1 heterocycles. The molecule has 100 valence electrons. The van der Waals surface area contributed by atoms with E-state index < -0.39 is 11.7 Å². The van der Waals surface area contributed by atoms with E-state index >= 15 is 0 Å². The Bertz CT molecular complexity index is 428. The van der Waals surface area contributed by atoms with Crippen LogP contribution in [-0.4, -0.2) is 18.1 Å². The van der Waals surface area contributed by atoms with E-state index in [9.17, 15) is 13.2 Å². The topological polar surface area (TPSA) is 16.1 Å². The summed E-state index contributed by atoms with van der Waals surface area (Å²) in [4.78, 5) is 5.75. The number of hydrogen-bond acceptors (Lipinski definition) is 2. The lowest BCUT2D eigenvalue weighted by Crippen LogP contribution is -2.30. The van der Waals surface area contributed by atoms with Gasteiger partial charge in [-0.05, 0) is 18.9 Å². The molecule has 1 aromatic heterocycles. The second-order valence-corrected chi connectivity index (χ2v) is 4.98. The summed E-state index contributed by atoms with van der Waals surface area (Å²) in [6.45, 7) is 0. The van der Waals surface area contributed by atoms with Crippen molar-refractivity contribution in [2.45, 2.75) is 37.9 Å². The van der Waals surface area contributed by atoms with Gasteiger partial charge in [-0.3, -0.25) is 0 Å². The van der Waals surface area contributed by atoms with Crippen molar-refractivity contribution in [1.82, 2.24) is 4.98 Å². The molecule has 0 aliphatic heterocycles. The van der Waals surface area contributed by atoms with Crippen molar-refractivity contribution in [2.75, 3.05) is 11.9 Å². The highest BCUT2D eigenvalue weighted by Gasteiger charge is 2.32. The van der Waals surface area contributed by atoms with Crippen LogP contribution in [0.4, 0.5) is 19.0 Å². The van der Waals surface area contributed by atoms with E-state index in [0.717, 1.165) is 37.9 Å². The molecule has 2 nitrogen and oxygen atoms in total. The van der Waals surface area contributed by atoms with Gasteiger partial charge in [-0.2, -0.15) is 13.2 Å². The molecule has 0 amide bonds. The van der Waals surface area contributed by atoms with Crippen molar-refractivity contribution in [3.05, 3.63) is 22.8 Å². The molecular formula is C12H14ClF3N2. The largest absolute Gasteiger partial charge is 0.417 e. The molecule has 2 rings (SSSR count). The molecule has 1 aliphatic rings. The van der Waals surface area contributed by atoms with E-state index in [1.165, 1.54) is 0 Å². The highest BCUT2D eigenvalue weighted by atomic mass is 35.5. The van der Waals surface area contributed by atoms with Crippen LogP contribution in [0.25, 0.3) is 0 Å². The summed E-state index contributed by atoms with van der Waals surface area (Å²) in [5.74, 6) is 0.427. The van der Waals surface area contributed by atoms with Crippen LogP contribution in [0.1, 0.15) is 31.2 Å². The summed E-state index contributed by atoms with van der Waals surface area (Å²) in [7, 11) is 1.83. The summed E-state index contributed by atoms with van der Waals surface area (Å²) in [6.07, 6.45) is 0.805. The summed E-state index contributed by atoms with van der Waals surface area (Å²) in [5.41, 5.74) is -0.809. The smallest absolute Gasteiger partial charge is 0.355 e. The Hall–Kier alpha value is -0.970. The Morgan fingerprint density at radius 1 is 1.33 bits per heavy atom. The lowest BCUT2D eigenvalue weighted by molar-refractivity contribution is -0.137. The molecule has 6 heteroatoms. The Balaban J connectivity index is 2.24. The zero-order chi connectivity index (χ0) is 13.3. The maximum absolute atomic E-state index is 12.5. The van der Waals surface area contributed by atoms with Gasteiger partial charge in [0.05, 0.1) is 10.6 Å². The zero-order valence-electron chi connectivity index (χ0n) is 9.97. The molecule has 0 atom stereocenters. The predicted molar refractivity (Wildman–Crippen MR) is 64.9 cm³/mol. The number of nitrogens with zero attached hydrogens (tertiary/aromatic N) is 2. The van der Waals surface area contributed by atoms with Gasteiger partial charge in [0.1, 0.15) is 5.82 Å². The number of alkyl halides is 3. The molecular weight excluding hydrogens is 265 g/mol. The van der Waals surface area contributed by atoms with Crippen molar-refractivity contribution in [2.24, 2.45) is 0 Å². The number of rotatable bonds is 2. The van der Waals surface area contributed by atoms with Gasteiger partial charge in [-0.15, -0.1) is 0 Å². The summed E-state index contributed by atoms with van der Waals surface area (Å²) in [6, 6.07) is 1.27. The van der Waals surface area contributed by atoms with Crippen molar-refractivity contribution in [3.63, 3.8) is 0 Å². The summed E-state index contributed by atoms with van der Waals surface area (Å²) in [5, 5.41) is 0.0548. The third-order valence-corrected chi connectivity index (χ3v) is 3.63. The molecule has 0 radical (unpaired) electrons. The Labute approximate surface area is 109 Å². The molecule has 0 spiro atoms. The summed E-state index contributed by atoms with van der Waals surface area (Å²) < 4.78 is 37.5. The van der Waals surface area contributed by atoms with Gasteiger partial charge in [0.2, 0.25) is 0 Å². The molecule has 1 fully saturated rings. The van der Waals surface area contributed by atoms with Crippen LogP contribution in [-0.2, 0) is 6.18 Å². The SMILES string of the molecule is CN(c1ncc(C(F)(F)F)cc1Cl)C1CCCC1. The van der Waals surface area contributed by atoms with Gasteiger partial charge >= 0.3 is 6.18 Å². The van der Waals surface area contributed by atoms with Crippen molar-refractivity contribution in [1.29, 1.82) is 0 Å². The second-order valence-electron chi connectivity index (χ2n) is 4.58. The molecule has 0 N–H and O–H groups in total. The highest BCUT2D eigenvalue weighted by molar-refractivity contribution is 6.33. The standard InChI is InChI=1S/C12H14ClF3N2/c1-18(9-4-2-3-5-9)11-10(13)6-8(7-17-11)12(14,15)16/h6-7,9H,2-5H2,1H3. The van der Waals surface area contributed by atoms with Crippen molar-refractivity contribution in [3.8, 4) is 0 Å². The van der Waals surface area contributed by atoms with Gasteiger partial charge < -0.3 is 4.90 Å². The average molecular weight is 279 g/mol. The second kappa shape index (κ2) is 4.96. The number of halogens is 4. The first kappa shape index (κ1) is 13.5. The van der Waals surface area contributed by atoms with Crippen molar-refractivity contribution >= 4 is 17.4 Å². The van der Waals surface area contributed by atoms with Gasteiger partial charge in [-0.1, -0.05) is 24.4 Å². The highest BCUT2D eigenvalue weighted by Crippen LogP contribution is 2.35. The lowest BCUT2D eigenvalue weighted by Gasteiger charge is -2.26. The molecule has 0 unspecified atom stereocenters. The normalized spacial score (nSPS) is 17.2. The minimum atomic E-state index is -4.40. The fourth-order valence-corrected chi connectivity index (χ4v) is 2.61. The molecule has 18 heavy (non-hydrogen) atoms. The van der Waals surface area contributed by atoms with Gasteiger partial charge in [0.25, 0.3) is 0 Å². The van der Waals surface area contributed by atoms with Gasteiger partial charge in [0.15, 0.2) is 0 Å². The minimum Gasteiger partial charge on any atom is -0.355 e. The van der Waals surface area contributed by atoms with E-state index in [4.69, 9.17) is 11.6 Å². The van der Waals surface area contributed by atoms with E-state index in [1.807, 2.05) is 11.9 Å². The van der Waals surface area contributed by atoms with Crippen LogP contribution in [0, 0.1) is 0 Å². The van der Waals surface area contributed by atoms with Crippen LogP contribution < -0.4 is 4.90 Å². The number of anilines is 1. The first-order valence-corrected chi connectivity index (χ1v) is 6.23. The van der Waals surface area contributed by atoms with E-state index in [2.05, 4.69) is 4.98 Å². The van der Waals surface area contributed by atoms with Gasteiger partial charge in [0, 0.05) is 19.3 Å². The lowest BCUT2D eigenvalue weighted by atomic mass is 10.2. The third-order valence-electron chi connectivity index (χ3n) is 3.36. The van der Waals surface area contributed by atoms with Crippen LogP contribution in [0.2, 0.25) is 5.02 Å². The fourth-order valence-electron chi connectivity index (χ4n) is 2.31. The van der Waals surface area contributed by atoms with Gasteiger partial charge in [-0.25, -0.2) is 4.98 Å². The molecule has 0 aromatic carbocycles. The van der Waals surface area contributed by atoms with Crippen molar-refractivity contribution < 1.29 is 13.2 Å². The predicted octanol–water partition coefficient (Wildman–Crippen LogP) is 4.13. The van der Waals surface area contributed by atoms with Crippen LogP contribution in [0.5, 0.6) is 0 Å². The van der Waals surface area contributed by atoms with Crippen LogP contribution in [0.3, 0.4) is 0 Å². The third kappa shape index (κ3) is 2.71. The maximum atomic E-state index is 12.5. The molecule has 0 saturated heterocycles. The average Bonchev–Trinajstić information content (AvgIpc) is 2.80. The Morgan fingerprint density at radius 2 is 1.94 bits per heavy atom. The number of pyridine rings is 1. The first-order valence-electron chi connectivity index (χ1n) is 5.85. The molecule has 1 aliphatic carbocycles. The first-order chi connectivity index (χ1) is 8.39. The van der Waals surface area contributed by atoms with E-state index in [1.54, 1.807) is 0 Å². The molecule has 0 bridgehead atoms. The van der Waals surface area contributed by atoms with Crippen LogP contribution in [0.15, 0.2) is 12.3 Å². The maximum Gasteiger partial charge on any atom is 0.417 e. The van der Waals surface area contributed by atoms with E-state index in [-0.39, 0.29) is 5.02 Å². The van der Waals surface area contributed by atoms with E-state index in [0.29, 0.717) is 11.9 Å². The Kier molecular flexibility index (Phi) is 3.71. The summed E-state index contributed by atoms with van der Waals surface area (Å²) >= 11 is 5.90. The molecule has 1 aromatic rings.